The zero-order valence-corrected chi connectivity index (χ0v) is 17.7. The number of rotatable bonds is 7. The van der Waals surface area contributed by atoms with Crippen LogP contribution >= 0.6 is 27.5 Å². The Hall–Kier alpha value is -1.36. The van der Waals surface area contributed by atoms with E-state index in [0.29, 0.717) is 13.0 Å². The first-order chi connectivity index (χ1) is 13.1. The fourth-order valence-corrected chi connectivity index (χ4v) is 4.13. The second-order valence-corrected chi connectivity index (χ2v) is 8.51. The minimum atomic E-state index is -0.0477. The zero-order valence-electron chi connectivity index (χ0n) is 15.3. The lowest BCUT2D eigenvalue weighted by Crippen LogP contribution is -2.44. The van der Waals surface area contributed by atoms with Gasteiger partial charge in [-0.3, -0.25) is 4.79 Å². The Bertz CT molecular complexity index is 757. The van der Waals surface area contributed by atoms with Crippen LogP contribution in [0, 0.1) is 0 Å². The Balaban J connectivity index is 1.54. The number of benzene rings is 2. The summed E-state index contributed by atoms with van der Waals surface area (Å²) in [4.78, 5) is 12.4. The molecule has 1 N–H and O–H groups in total. The maximum atomic E-state index is 12.4. The molecule has 5 heteroatoms. The second-order valence-electron chi connectivity index (χ2n) is 7.16. The Labute approximate surface area is 174 Å². The molecule has 1 aliphatic rings. The van der Waals surface area contributed by atoms with Gasteiger partial charge in [0.2, 0.25) is 5.91 Å². The minimum absolute atomic E-state index is 0.0477. The molecule has 144 valence electrons. The van der Waals surface area contributed by atoms with E-state index in [2.05, 4.69) is 39.4 Å². The van der Waals surface area contributed by atoms with Crippen LogP contribution in [0.5, 0.6) is 0 Å². The van der Waals surface area contributed by atoms with Crippen LogP contribution in [0.25, 0.3) is 0 Å². The number of halogens is 2. The average Bonchev–Trinajstić information content (AvgIpc) is 2.69. The van der Waals surface area contributed by atoms with Gasteiger partial charge in [-0.1, -0.05) is 51.8 Å². The van der Waals surface area contributed by atoms with Crippen LogP contribution in [0.1, 0.15) is 36.8 Å². The van der Waals surface area contributed by atoms with Crippen molar-refractivity contribution < 1.29 is 9.53 Å². The number of nitrogens with one attached hydrogen (secondary N) is 1. The van der Waals surface area contributed by atoms with Gasteiger partial charge in [-0.05, 0) is 61.1 Å². The molecule has 27 heavy (non-hydrogen) atoms. The van der Waals surface area contributed by atoms with Gasteiger partial charge in [0.15, 0.2) is 0 Å². The molecular formula is C22H25BrClNO2. The van der Waals surface area contributed by atoms with Gasteiger partial charge in [0, 0.05) is 41.1 Å². The van der Waals surface area contributed by atoms with Crippen LogP contribution in [0.3, 0.4) is 0 Å². The minimum Gasteiger partial charge on any atom is -0.381 e. The van der Waals surface area contributed by atoms with Crippen LogP contribution in [0.2, 0.25) is 5.02 Å². The Kier molecular flexibility index (Phi) is 7.33. The molecule has 0 radical (unpaired) electrons. The third kappa shape index (κ3) is 5.81. The highest BCUT2D eigenvalue weighted by Crippen LogP contribution is 2.35. The van der Waals surface area contributed by atoms with E-state index >= 15 is 0 Å². The molecule has 2 aromatic carbocycles. The first-order valence-electron chi connectivity index (χ1n) is 9.42. The lowest BCUT2D eigenvalue weighted by molar-refractivity contribution is -0.121. The molecule has 1 saturated heterocycles. The summed E-state index contributed by atoms with van der Waals surface area (Å²) in [7, 11) is 0. The average molecular weight is 451 g/mol. The number of aryl methyl sites for hydroxylation is 1. The van der Waals surface area contributed by atoms with E-state index in [-0.39, 0.29) is 11.3 Å². The van der Waals surface area contributed by atoms with Gasteiger partial charge in [0.25, 0.3) is 0 Å². The van der Waals surface area contributed by atoms with Gasteiger partial charge < -0.3 is 10.1 Å². The molecule has 3 nitrogen and oxygen atoms in total. The van der Waals surface area contributed by atoms with Crippen LogP contribution in [0.4, 0.5) is 0 Å². The highest BCUT2D eigenvalue weighted by Gasteiger charge is 2.34. The predicted octanol–water partition coefficient (Wildman–Crippen LogP) is 5.29. The van der Waals surface area contributed by atoms with Crippen molar-refractivity contribution in [3.05, 3.63) is 69.2 Å². The van der Waals surface area contributed by atoms with E-state index in [1.807, 2.05) is 30.3 Å². The summed E-state index contributed by atoms with van der Waals surface area (Å²) in [5.74, 6) is 0.116. The highest BCUT2D eigenvalue weighted by atomic mass is 79.9. The summed E-state index contributed by atoms with van der Waals surface area (Å²) in [5, 5.41) is 3.92. The number of hydrogen-bond acceptors (Lipinski definition) is 2. The molecule has 0 spiro atoms. The lowest BCUT2D eigenvalue weighted by atomic mass is 9.74. The molecule has 1 amide bonds. The Morgan fingerprint density at radius 3 is 2.59 bits per heavy atom. The van der Waals surface area contributed by atoms with E-state index in [0.717, 1.165) is 48.4 Å². The maximum Gasteiger partial charge on any atom is 0.220 e. The lowest BCUT2D eigenvalue weighted by Gasteiger charge is -2.38. The van der Waals surface area contributed by atoms with Crippen molar-refractivity contribution in [2.24, 2.45) is 0 Å². The number of amides is 1. The van der Waals surface area contributed by atoms with Gasteiger partial charge in [-0.25, -0.2) is 0 Å². The molecule has 2 aromatic rings. The first-order valence-corrected chi connectivity index (χ1v) is 10.6. The molecule has 0 saturated carbocycles. The molecule has 0 aliphatic carbocycles. The number of carbonyl (C=O) groups excluding carboxylic acids is 1. The molecule has 1 aliphatic heterocycles. The molecule has 0 bridgehead atoms. The molecule has 0 unspecified atom stereocenters. The molecule has 3 rings (SSSR count). The summed E-state index contributed by atoms with van der Waals surface area (Å²) in [6.07, 6.45) is 4.10. The Morgan fingerprint density at radius 1 is 1.15 bits per heavy atom. The van der Waals surface area contributed by atoms with Crippen molar-refractivity contribution in [3.63, 3.8) is 0 Å². The van der Waals surface area contributed by atoms with Gasteiger partial charge in [-0.2, -0.15) is 0 Å². The summed E-state index contributed by atoms with van der Waals surface area (Å²) >= 11 is 9.48. The van der Waals surface area contributed by atoms with Crippen molar-refractivity contribution in [2.75, 3.05) is 19.8 Å². The van der Waals surface area contributed by atoms with E-state index in [9.17, 15) is 4.79 Å². The van der Waals surface area contributed by atoms with Crippen molar-refractivity contribution in [3.8, 4) is 0 Å². The molecule has 1 fully saturated rings. The van der Waals surface area contributed by atoms with Crippen LogP contribution in [-0.2, 0) is 21.4 Å². The van der Waals surface area contributed by atoms with Gasteiger partial charge in [0.1, 0.15) is 0 Å². The molecule has 0 atom stereocenters. The fraction of sp³-hybridized carbons (Fsp3) is 0.409. The highest BCUT2D eigenvalue weighted by molar-refractivity contribution is 9.10. The second kappa shape index (κ2) is 9.72. The van der Waals surface area contributed by atoms with E-state index in [1.165, 1.54) is 11.1 Å². The maximum absolute atomic E-state index is 12.4. The van der Waals surface area contributed by atoms with Crippen LogP contribution < -0.4 is 5.32 Å². The van der Waals surface area contributed by atoms with Gasteiger partial charge in [-0.15, -0.1) is 0 Å². The number of ether oxygens (including phenoxy) is 1. The normalized spacial score (nSPS) is 16.1. The summed E-state index contributed by atoms with van der Waals surface area (Å²) < 4.78 is 6.64. The largest absolute Gasteiger partial charge is 0.381 e. The third-order valence-corrected chi connectivity index (χ3v) is 6.04. The monoisotopic (exact) mass is 449 g/mol. The number of carbonyl (C=O) groups is 1. The van der Waals surface area contributed by atoms with E-state index in [4.69, 9.17) is 16.3 Å². The van der Waals surface area contributed by atoms with Crippen molar-refractivity contribution in [2.45, 2.75) is 37.5 Å². The third-order valence-electron chi connectivity index (χ3n) is 5.29. The van der Waals surface area contributed by atoms with E-state index in [1.54, 1.807) is 0 Å². The first kappa shape index (κ1) is 20.4. The van der Waals surface area contributed by atoms with Crippen molar-refractivity contribution in [1.29, 1.82) is 0 Å². The van der Waals surface area contributed by atoms with Crippen LogP contribution in [0.15, 0.2) is 53.0 Å². The fourth-order valence-electron chi connectivity index (χ4n) is 3.61. The summed E-state index contributed by atoms with van der Waals surface area (Å²) in [5.41, 5.74) is 2.43. The summed E-state index contributed by atoms with van der Waals surface area (Å²) in [6.45, 7) is 2.13. The van der Waals surface area contributed by atoms with Crippen molar-refractivity contribution in [1.82, 2.24) is 5.32 Å². The predicted molar refractivity (Wildman–Crippen MR) is 113 cm³/mol. The smallest absolute Gasteiger partial charge is 0.220 e. The summed E-state index contributed by atoms with van der Waals surface area (Å²) in [6, 6.07) is 16.2. The van der Waals surface area contributed by atoms with E-state index < -0.39 is 0 Å². The zero-order chi connectivity index (χ0) is 19.1. The SMILES string of the molecule is O=C(CCCc1ccc(Cl)cc1)NCC1(c2cccc(Br)c2)CCOCC1. The molecule has 0 aromatic heterocycles. The standard InChI is InChI=1S/C22H25BrClNO2/c23-19-5-2-4-18(15-19)22(11-13-27-14-12-22)16-25-21(26)6-1-3-17-7-9-20(24)10-8-17/h2,4-5,7-10,15H,1,3,6,11-14,16H2,(H,25,26). The van der Waals surface area contributed by atoms with Gasteiger partial charge in [0.05, 0.1) is 0 Å². The number of hydrogen-bond donors (Lipinski definition) is 1. The topological polar surface area (TPSA) is 38.3 Å². The Morgan fingerprint density at radius 2 is 1.89 bits per heavy atom. The molecule has 1 heterocycles. The van der Waals surface area contributed by atoms with Crippen LogP contribution in [-0.4, -0.2) is 25.7 Å². The van der Waals surface area contributed by atoms with Crippen molar-refractivity contribution >= 4 is 33.4 Å². The molecular weight excluding hydrogens is 426 g/mol. The van der Waals surface area contributed by atoms with Gasteiger partial charge >= 0.3 is 0 Å². The quantitative estimate of drug-likeness (QED) is 0.622.